The number of carbonyl (C=O) groups excluding carboxylic acids is 1. The molecule has 0 saturated carbocycles. The van der Waals surface area contributed by atoms with Crippen molar-refractivity contribution in [2.24, 2.45) is 10.7 Å². The Kier molecular flexibility index (Phi) is 3.94. The first kappa shape index (κ1) is 15.9. The van der Waals surface area contributed by atoms with E-state index >= 15 is 0 Å². The molecule has 1 unspecified atom stereocenters. The molecule has 2 heterocycles. The first-order valence-electron chi connectivity index (χ1n) is 6.75. The van der Waals surface area contributed by atoms with Gasteiger partial charge in [0.2, 0.25) is 0 Å². The fourth-order valence-corrected chi connectivity index (χ4v) is 2.50. The fourth-order valence-electron chi connectivity index (χ4n) is 2.26. The molecule has 1 amide bonds. The van der Waals surface area contributed by atoms with E-state index in [4.69, 9.17) is 22.1 Å². The predicted molar refractivity (Wildman–Crippen MR) is 84.3 cm³/mol. The number of alkyl halides is 1. The van der Waals surface area contributed by atoms with Crippen LogP contribution in [0.15, 0.2) is 47.6 Å². The van der Waals surface area contributed by atoms with Crippen LogP contribution in [0.4, 0.5) is 4.48 Å². The van der Waals surface area contributed by atoms with Gasteiger partial charge in [-0.15, -0.1) is 10.2 Å². The monoisotopic (exact) mass is 350 g/mol. The highest BCUT2D eigenvalue weighted by atomic mass is 35.5. The molecule has 0 saturated heterocycles. The molecular formula is C14H12ClFN6O2. The number of primary amides is 1. The van der Waals surface area contributed by atoms with E-state index in [9.17, 15) is 9.28 Å². The van der Waals surface area contributed by atoms with Crippen LogP contribution in [0.3, 0.4) is 0 Å². The average molecular weight is 351 g/mol. The summed E-state index contributed by atoms with van der Waals surface area (Å²) in [7, 11) is 1.25. The van der Waals surface area contributed by atoms with Gasteiger partial charge in [0.15, 0.2) is 5.69 Å². The fraction of sp³-hybridized carbons (Fsp3) is 0.143. The van der Waals surface area contributed by atoms with Gasteiger partial charge in [-0.3, -0.25) is 4.79 Å². The van der Waals surface area contributed by atoms with Gasteiger partial charge in [-0.05, 0) is 0 Å². The number of amidine groups is 1. The molecule has 1 atom stereocenters. The highest BCUT2D eigenvalue weighted by Gasteiger charge is 2.44. The molecule has 124 valence electrons. The number of halogens is 2. The highest BCUT2D eigenvalue weighted by molar-refractivity contribution is 6.24. The predicted octanol–water partition coefficient (Wildman–Crippen LogP) is 1.61. The summed E-state index contributed by atoms with van der Waals surface area (Å²) in [5.41, 5.74) is 5.93. The number of benzene rings is 1. The zero-order chi connectivity index (χ0) is 17.3. The molecule has 1 aromatic heterocycles. The summed E-state index contributed by atoms with van der Waals surface area (Å²) >= 11 is 6.41. The maximum absolute atomic E-state index is 14.7. The number of nitrogens with zero attached hydrogens (tertiary/aromatic N) is 5. The molecule has 10 heteroatoms. The van der Waals surface area contributed by atoms with Gasteiger partial charge in [-0.2, -0.15) is 4.68 Å². The second-order valence-electron chi connectivity index (χ2n) is 4.78. The molecule has 0 aliphatic carbocycles. The van der Waals surface area contributed by atoms with Crippen molar-refractivity contribution < 1.29 is 14.0 Å². The third-order valence-electron chi connectivity index (χ3n) is 3.35. The van der Waals surface area contributed by atoms with Crippen LogP contribution in [0.25, 0.3) is 11.3 Å². The number of ether oxygens (including phenoxy) is 1. The Hall–Kier alpha value is -2.94. The summed E-state index contributed by atoms with van der Waals surface area (Å²) < 4.78 is 20.5. The number of methoxy groups -OCH3 is 1. The molecule has 0 bridgehead atoms. The van der Waals surface area contributed by atoms with E-state index in [1.807, 2.05) is 0 Å². The summed E-state index contributed by atoms with van der Waals surface area (Å²) in [5, 5.41) is 5.67. The molecular weight excluding hydrogens is 339 g/mol. The van der Waals surface area contributed by atoms with Crippen molar-refractivity contribution in [3.63, 3.8) is 0 Å². The van der Waals surface area contributed by atoms with E-state index in [1.165, 1.54) is 19.4 Å². The Morgan fingerprint density at radius 1 is 1.38 bits per heavy atom. The third kappa shape index (κ3) is 2.38. The molecule has 2 aromatic rings. The number of aliphatic imine (C=N–C) groups is 1. The van der Waals surface area contributed by atoms with Crippen molar-refractivity contribution in [2.75, 3.05) is 7.11 Å². The molecule has 3 rings (SSSR count). The molecule has 8 nitrogen and oxygen atoms in total. The van der Waals surface area contributed by atoms with Gasteiger partial charge in [0, 0.05) is 17.8 Å². The maximum atomic E-state index is 14.7. The summed E-state index contributed by atoms with van der Waals surface area (Å²) in [5.74, 6) is -0.814. The van der Waals surface area contributed by atoms with Crippen molar-refractivity contribution in [3.05, 3.63) is 48.3 Å². The van der Waals surface area contributed by atoms with E-state index < -0.39 is 11.0 Å². The van der Waals surface area contributed by atoms with Crippen LogP contribution in [0.1, 0.15) is 10.5 Å². The standard InChI is InChI=1S/C14H12ClFN6O2/c1-24-13-18-8-7-14(15,21(13)16)22-11(9-5-3-2-4-6-9)10(12(17)23)19-20-22/h2-8H,1H3,(H2,17,23). The van der Waals surface area contributed by atoms with Crippen molar-refractivity contribution in [3.8, 4) is 11.3 Å². The van der Waals surface area contributed by atoms with Gasteiger partial charge >= 0.3 is 6.02 Å². The van der Waals surface area contributed by atoms with Crippen molar-refractivity contribution in [2.45, 2.75) is 5.12 Å². The number of hydrogen-bond donors (Lipinski definition) is 1. The lowest BCUT2D eigenvalue weighted by Crippen LogP contribution is -2.46. The number of aromatic nitrogens is 3. The van der Waals surface area contributed by atoms with Crippen molar-refractivity contribution >= 4 is 23.5 Å². The van der Waals surface area contributed by atoms with E-state index in [0.29, 0.717) is 5.56 Å². The average Bonchev–Trinajstić information content (AvgIpc) is 3.04. The number of amides is 1. The Labute approximate surface area is 140 Å². The number of nitrogens with two attached hydrogens (primary N) is 1. The van der Waals surface area contributed by atoms with E-state index in [2.05, 4.69) is 15.3 Å². The SMILES string of the molecule is COC1=NC=CC(Cl)(n2nnc(C(N)=O)c2-c2ccccc2)N1F. The number of hydrogen-bond acceptors (Lipinski definition) is 6. The second-order valence-corrected chi connectivity index (χ2v) is 5.33. The quantitative estimate of drug-likeness (QED) is 0.515. The molecule has 2 N–H and O–H groups in total. The first-order chi connectivity index (χ1) is 11.5. The van der Waals surface area contributed by atoms with Crippen LogP contribution >= 0.6 is 11.6 Å². The van der Waals surface area contributed by atoms with Gasteiger partial charge in [-0.25, -0.2) is 4.99 Å². The zero-order valence-corrected chi connectivity index (χ0v) is 13.2. The maximum Gasteiger partial charge on any atom is 0.324 e. The van der Waals surface area contributed by atoms with Crippen LogP contribution in [0.2, 0.25) is 0 Å². The largest absolute Gasteiger partial charge is 0.467 e. The third-order valence-corrected chi connectivity index (χ3v) is 3.78. The van der Waals surface area contributed by atoms with Gasteiger partial charge in [-0.1, -0.05) is 51.6 Å². The molecule has 1 aliphatic heterocycles. The minimum absolute atomic E-state index is 0.0699. The first-order valence-corrected chi connectivity index (χ1v) is 7.12. The van der Waals surface area contributed by atoms with E-state index in [0.717, 1.165) is 4.68 Å². The molecule has 1 aliphatic rings. The Balaban J connectivity index is 2.21. The van der Waals surface area contributed by atoms with Crippen LogP contribution in [-0.4, -0.2) is 39.2 Å². The summed E-state index contributed by atoms with van der Waals surface area (Å²) in [6.45, 7) is 0. The lowest BCUT2D eigenvalue weighted by Gasteiger charge is -2.32. The topological polar surface area (TPSA) is 98.6 Å². The summed E-state index contributed by atoms with van der Waals surface area (Å²) in [6, 6.07) is 8.29. The van der Waals surface area contributed by atoms with Gasteiger partial charge in [0.05, 0.1) is 7.11 Å². The lowest BCUT2D eigenvalue weighted by molar-refractivity contribution is -0.00997. The Bertz CT molecular complexity index is 837. The van der Waals surface area contributed by atoms with Crippen LogP contribution < -0.4 is 5.73 Å². The minimum Gasteiger partial charge on any atom is -0.467 e. The normalized spacial score (nSPS) is 20.0. The molecule has 24 heavy (non-hydrogen) atoms. The molecule has 1 aromatic carbocycles. The number of carbonyl (C=O) groups is 1. The Morgan fingerprint density at radius 2 is 2.08 bits per heavy atom. The minimum atomic E-state index is -1.96. The number of rotatable bonds is 3. The van der Waals surface area contributed by atoms with Crippen molar-refractivity contribution in [1.29, 1.82) is 0 Å². The second kappa shape index (κ2) is 5.93. The van der Waals surface area contributed by atoms with Gasteiger partial charge in [0.25, 0.3) is 11.0 Å². The molecule has 0 fully saturated rings. The van der Waals surface area contributed by atoms with E-state index in [1.54, 1.807) is 30.3 Å². The smallest absolute Gasteiger partial charge is 0.324 e. The molecule has 0 radical (unpaired) electrons. The molecule has 0 spiro atoms. The zero-order valence-electron chi connectivity index (χ0n) is 12.4. The van der Waals surface area contributed by atoms with Gasteiger partial charge in [0.1, 0.15) is 5.69 Å². The van der Waals surface area contributed by atoms with Crippen molar-refractivity contribution in [1.82, 2.24) is 20.1 Å². The Morgan fingerprint density at radius 3 is 2.71 bits per heavy atom. The van der Waals surface area contributed by atoms with Crippen LogP contribution in [-0.2, 0) is 9.86 Å². The van der Waals surface area contributed by atoms with Gasteiger partial charge < -0.3 is 10.5 Å². The van der Waals surface area contributed by atoms with E-state index in [-0.39, 0.29) is 22.5 Å². The lowest BCUT2D eigenvalue weighted by atomic mass is 10.1. The van der Waals surface area contributed by atoms with Crippen LogP contribution in [0.5, 0.6) is 0 Å². The van der Waals surface area contributed by atoms with Crippen LogP contribution in [0, 0.1) is 0 Å². The summed E-state index contributed by atoms with van der Waals surface area (Å²) in [6.07, 6.45) is 2.51. The summed E-state index contributed by atoms with van der Waals surface area (Å²) in [4.78, 5) is 15.4. The highest BCUT2D eigenvalue weighted by Crippen LogP contribution is 2.36.